The van der Waals surface area contributed by atoms with E-state index in [1.165, 1.54) is 11.8 Å². The van der Waals surface area contributed by atoms with Gasteiger partial charge < -0.3 is 38.3 Å². The first kappa shape index (κ1) is 32.0. The lowest BCUT2D eigenvalue weighted by Crippen LogP contribution is -2.57. The zero-order valence-corrected chi connectivity index (χ0v) is 21.3. The van der Waals surface area contributed by atoms with Crippen LogP contribution in [0, 0.1) is 0 Å². The third-order valence-electron chi connectivity index (χ3n) is 4.81. The molecule has 0 radical (unpaired) electrons. The van der Waals surface area contributed by atoms with Gasteiger partial charge in [0, 0.05) is 0 Å². The van der Waals surface area contributed by atoms with Crippen LogP contribution in [0.1, 0.15) is 38.5 Å². The van der Waals surface area contributed by atoms with Gasteiger partial charge in [0.15, 0.2) is 0 Å². The van der Waals surface area contributed by atoms with Crippen molar-refractivity contribution in [3.8, 4) is 0 Å². The first-order valence-corrected chi connectivity index (χ1v) is 13.7. The van der Waals surface area contributed by atoms with Gasteiger partial charge in [-0.3, -0.25) is 19.2 Å². The number of amides is 4. The Balaban J connectivity index is 5.43. The fourth-order valence-corrected chi connectivity index (χ4v) is 3.83. The molecule has 0 aliphatic heterocycles. The summed E-state index contributed by atoms with van der Waals surface area (Å²) in [7, 11) is 0. The molecule has 4 unspecified atom stereocenters. The maximum absolute atomic E-state index is 13.0. The predicted octanol–water partition coefficient (Wildman–Crippen LogP) is -1.64. The second-order valence-electron chi connectivity index (χ2n) is 7.65. The number of nitrogens with two attached hydrogens (primary N) is 3. The Morgan fingerprint density at radius 3 is 1.79 bits per heavy atom. The topological polar surface area (TPSA) is 220 Å². The molecule has 14 heteroatoms. The molecule has 0 saturated carbocycles. The summed E-state index contributed by atoms with van der Waals surface area (Å²) in [4.78, 5) is 60.7. The average Bonchev–Trinajstić information content (AvgIpc) is 2.78. The van der Waals surface area contributed by atoms with Crippen LogP contribution in [-0.2, 0) is 24.0 Å². The summed E-state index contributed by atoms with van der Waals surface area (Å²) in [6.45, 7) is 0.421. The van der Waals surface area contributed by atoms with Crippen LogP contribution < -0.4 is 33.2 Å². The summed E-state index contributed by atoms with van der Waals surface area (Å²) >= 11 is 2.98. The molecule has 0 aromatic rings. The maximum Gasteiger partial charge on any atom is 0.326 e. The van der Waals surface area contributed by atoms with Crippen molar-refractivity contribution in [3.63, 3.8) is 0 Å². The largest absolute Gasteiger partial charge is 0.480 e. The summed E-state index contributed by atoms with van der Waals surface area (Å²) in [5, 5.41) is 16.7. The van der Waals surface area contributed by atoms with Crippen LogP contribution in [0.5, 0.6) is 0 Å². The smallest absolute Gasteiger partial charge is 0.326 e. The van der Waals surface area contributed by atoms with Crippen molar-refractivity contribution in [2.75, 3.05) is 30.6 Å². The number of hydrogen-bond donors (Lipinski definition) is 7. The molecule has 0 rings (SSSR count). The number of carbonyl (C=O) groups is 5. The summed E-state index contributed by atoms with van der Waals surface area (Å²) < 4.78 is 0. The molecule has 0 fully saturated rings. The number of carbonyl (C=O) groups excluding carboxylic acids is 4. The molecule has 4 atom stereocenters. The highest BCUT2D eigenvalue weighted by molar-refractivity contribution is 7.98. The molecule has 196 valence electrons. The van der Waals surface area contributed by atoms with Gasteiger partial charge in [0.05, 0.1) is 12.5 Å². The van der Waals surface area contributed by atoms with Gasteiger partial charge in [0.2, 0.25) is 23.6 Å². The quantitative estimate of drug-likeness (QED) is 0.0959. The number of nitrogens with one attached hydrogen (secondary N) is 3. The van der Waals surface area contributed by atoms with E-state index < -0.39 is 60.2 Å². The lowest BCUT2D eigenvalue weighted by Gasteiger charge is -2.25. The number of thioether (sulfide) groups is 2. The van der Waals surface area contributed by atoms with Gasteiger partial charge in [-0.2, -0.15) is 23.5 Å². The van der Waals surface area contributed by atoms with Crippen LogP contribution in [0.2, 0.25) is 0 Å². The molecule has 10 N–H and O–H groups in total. The number of aliphatic carboxylic acids is 1. The Hall–Kier alpha value is -2.03. The van der Waals surface area contributed by atoms with Crippen molar-refractivity contribution in [2.45, 2.75) is 62.7 Å². The van der Waals surface area contributed by atoms with E-state index >= 15 is 0 Å². The van der Waals surface area contributed by atoms with Crippen molar-refractivity contribution < 1.29 is 29.1 Å². The maximum atomic E-state index is 13.0. The van der Waals surface area contributed by atoms with E-state index in [0.29, 0.717) is 43.7 Å². The first-order chi connectivity index (χ1) is 16.1. The van der Waals surface area contributed by atoms with Crippen LogP contribution >= 0.6 is 23.5 Å². The van der Waals surface area contributed by atoms with Crippen molar-refractivity contribution in [1.29, 1.82) is 0 Å². The monoisotopic (exact) mass is 522 g/mol. The minimum atomic E-state index is -1.52. The van der Waals surface area contributed by atoms with E-state index in [2.05, 4.69) is 16.0 Å². The lowest BCUT2D eigenvalue weighted by molar-refractivity contribution is -0.143. The molecule has 0 spiro atoms. The Kier molecular flexibility index (Phi) is 17.2. The molecule has 0 aliphatic rings. The van der Waals surface area contributed by atoms with E-state index in [1.807, 2.05) is 12.5 Å². The van der Waals surface area contributed by atoms with Crippen molar-refractivity contribution in [3.05, 3.63) is 0 Å². The van der Waals surface area contributed by atoms with Gasteiger partial charge in [-0.15, -0.1) is 0 Å². The second-order valence-corrected chi connectivity index (χ2v) is 9.62. The van der Waals surface area contributed by atoms with Gasteiger partial charge in [-0.1, -0.05) is 0 Å². The van der Waals surface area contributed by atoms with Crippen LogP contribution in [0.25, 0.3) is 0 Å². The molecule has 0 bridgehead atoms. The summed E-state index contributed by atoms with van der Waals surface area (Å²) in [5.41, 5.74) is 16.5. The van der Waals surface area contributed by atoms with Gasteiger partial charge in [0.1, 0.15) is 18.1 Å². The highest BCUT2D eigenvalue weighted by Crippen LogP contribution is 2.07. The summed E-state index contributed by atoms with van der Waals surface area (Å²) in [6, 6.07) is -4.32. The average molecular weight is 523 g/mol. The third-order valence-corrected chi connectivity index (χ3v) is 6.10. The predicted molar refractivity (Wildman–Crippen MR) is 134 cm³/mol. The molecule has 0 aromatic heterocycles. The lowest BCUT2D eigenvalue weighted by atomic mass is 10.1. The molecule has 34 heavy (non-hydrogen) atoms. The number of carboxylic acid groups (broad SMARTS) is 1. The zero-order valence-electron chi connectivity index (χ0n) is 19.7. The number of primary amides is 1. The minimum Gasteiger partial charge on any atom is -0.480 e. The van der Waals surface area contributed by atoms with Gasteiger partial charge in [-0.05, 0) is 62.7 Å². The fourth-order valence-electron chi connectivity index (χ4n) is 2.87. The fraction of sp³-hybridized carbons (Fsp3) is 0.750. The molecular formula is C20H38N6O6S2. The minimum absolute atomic E-state index is 0.207. The Bertz CT molecular complexity index is 684. The Morgan fingerprint density at radius 1 is 0.794 bits per heavy atom. The van der Waals surface area contributed by atoms with Crippen LogP contribution in [0.3, 0.4) is 0 Å². The van der Waals surface area contributed by atoms with Crippen molar-refractivity contribution in [2.24, 2.45) is 17.2 Å². The van der Waals surface area contributed by atoms with E-state index in [0.717, 1.165) is 0 Å². The van der Waals surface area contributed by atoms with E-state index in [-0.39, 0.29) is 6.42 Å². The van der Waals surface area contributed by atoms with Crippen molar-refractivity contribution >= 4 is 53.1 Å². The van der Waals surface area contributed by atoms with Crippen LogP contribution in [0.15, 0.2) is 0 Å². The van der Waals surface area contributed by atoms with Gasteiger partial charge in [-0.25, -0.2) is 4.79 Å². The highest BCUT2D eigenvalue weighted by Gasteiger charge is 2.30. The second kappa shape index (κ2) is 18.3. The SMILES string of the molecule is CSCCC(N)C(=O)NC(CCCCN)C(=O)NC(CCSC)C(=O)NC(CC(N)=O)C(=O)O. The van der Waals surface area contributed by atoms with E-state index in [4.69, 9.17) is 17.2 Å². The van der Waals surface area contributed by atoms with E-state index in [1.54, 1.807) is 11.8 Å². The van der Waals surface area contributed by atoms with E-state index in [9.17, 15) is 29.1 Å². The molecule has 0 aromatic carbocycles. The summed E-state index contributed by atoms with van der Waals surface area (Å²) in [6.07, 6.45) is 5.27. The highest BCUT2D eigenvalue weighted by atomic mass is 32.2. The van der Waals surface area contributed by atoms with Gasteiger partial charge in [0.25, 0.3) is 0 Å². The normalized spacial score (nSPS) is 14.4. The standard InChI is InChI=1S/C20H38N6O6S2/c1-33-9-6-12(22)17(28)24-13(5-3-4-8-21)18(29)25-14(7-10-34-2)19(30)26-15(20(31)32)11-16(23)27/h12-15H,3-11,21-22H2,1-2H3,(H2,23,27)(H,24,28)(H,25,29)(H,26,30)(H,31,32). The first-order valence-electron chi connectivity index (χ1n) is 10.9. The zero-order chi connectivity index (χ0) is 26.1. The number of unbranched alkanes of at least 4 members (excludes halogenated alkanes) is 1. The Labute approximate surface area is 208 Å². The molecule has 0 saturated heterocycles. The number of carboxylic acids is 1. The molecule has 0 aliphatic carbocycles. The molecule has 12 nitrogen and oxygen atoms in total. The Morgan fingerprint density at radius 2 is 1.29 bits per heavy atom. The number of rotatable bonds is 19. The van der Waals surface area contributed by atoms with Crippen LogP contribution in [-0.4, -0.2) is 89.4 Å². The third kappa shape index (κ3) is 13.6. The summed E-state index contributed by atoms with van der Waals surface area (Å²) in [5.74, 6) is -2.96. The number of hydrogen-bond acceptors (Lipinski definition) is 9. The molecular weight excluding hydrogens is 484 g/mol. The van der Waals surface area contributed by atoms with Crippen molar-refractivity contribution in [1.82, 2.24) is 16.0 Å². The molecule has 4 amide bonds. The molecule has 0 heterocycles. The van der Waals surface area contributed by atoms with Gasteiger partial charge >= 0.3 is 5.97 Å². The van der Waals surface area contributed by atoms with Crippen LogP contribution in [0.4, 0.5) is 0 Å².